The number of ether oxygens (including phenoxy) is 1. The van der Waals surface area contributed by atoms with Gasteiger partial charge in [-0.1, -0.05) is 101 Å². The van der Waals surface area contributed by atoms with Crippen LogP contribution in [0.15, 0.2) is 66.7 Å². The van der Waals surface area contributed by atoms with E-state index in [-0.39, 0.29) is 5.75 Å². The van der Waals surface area contributed by atoms with Gasteiger partial charge in [-0.25, -0.2) is 0 Å². The predicted molar refractivity (Wildman–Crippen MR) is 135 cm³/mol. The quantitative estimate of drug-likeness (QED) is 0.240. The van der Waals surface area contributed by atoms with Gasteiger partial charge in [-0.15, -0.1) is 0 Å². The first-order valence-corrected chi connectivity index (χ1v) is 12.5. The lowest BCUT2D eigenvalue weighted by atomic mass is 9.92. The zero-order chi connectivity index (χ0) is 24.4. The van der Waals surface area contributed by atoms with Crippen molar-refractivity contribution in [2.75, 3.05) is 6.61 Å². The molecule has 0 aliphatic rings. The SMILES string of the molecule is CCCCCCOc1ccc(-c2ccccc2-c2ccc(CCCCC)cc2)cc1C(F)(F)F. The van der Waals surface area contributed by atoms with Gasteiger partial charge in [-0.05, 0) is 59.2 Å². The van der Waals surface area contributed by atoms with Crippen LogP contribution < -0.4 is 4.74 Å². The van der Waals surface area contributed by atoms with Crippen LogP contribution in [0.2, 0.25) is 0 Å². The highest BCUT2D eigenvalue weighted by Crippen LogP contribution is 2.41. The summed E-state index contributed by atoms with van der Waals surface area (Å²) in [5, 5.41) is 0. The van der Waals surface area contributed by atoms with Crippen molar-refractivity contribution in [3.05, 3.63) is 77.9 Å². The van der Waals surface area contributed by atoms with Crippen molar-refractivity contribution in [3.8, 4) is 28.0 Å². The Morgan fingerprint density at radius 1 is 0.676 bits per heavy atom. The Kier molecular flexibility index (Phi) is 9.62. The van der Waals surface area contributed by atoms with Crippen LogP contribution >= 0.6 is 0 Å². The fourth-order valence-corrected chi connectivity index (χ4v) is 4.17. The van der Waals surface area contributed by atoms with Crippen LogP contribution in [0.1, 0.15) is 69.9 Å². The summed E-state index contributed by atoms with van der Waals surface area (Å²) in [6.45, 7) is 4.58. The Balaban J connectivity index is 1.87. The molecule has 4 heteroatoms. The lowest BCUT2D eigenvalue weighted by Gasteiger charge is -2.17. The fraction of sp³-hybridized carbons (Fsp3) is 0.400. The van der Waals surface area contributed by atoms with E-state index >= 15 is 0 Å². The average molecular weight is 469 g/mol. The van der Waals surface area contributed by atoms with Crippen molar-refractivity contribution in [1.29, 1.82) is 0 Å². The van der Waals surface area contributed by atoms with Crippen molar-refractivity contribution in [1.82, 2.24) is 0 Å². The van der Waals surface area contributed by atoms with Gasteiger partial charge in [0.25, 0.3) is 0 Å². The Labute approximate surface area is 202 Å². The Hall–Kier alpha value is -2.75. The molecule has 0 amide bonds. The number of unbranched alkanes of at least 4 members (excludes halogenated alkanes) is 5. The normalized spacial score (nSPS) is 11.6. The molecule has 0 N–H and O–H groups in total. The van der Waals surface area contributed by atoms with Crippen LogP contribution in [0.5, 0.6) is 5.75 Å². The lowest BCUT2D eigenvalue weighted by molar-refractivity contribution is -0.138. The number of aryl methyl sites for hydroxylation is 1. The maximum atomic E-state index is 13.9. The van der Waals surface area contributed by atoms with Gasteiger partial charge in [0.05, 0.1) is 12.2 Å². The molecular weight excluding hydrogens is 433 g/mol. The van der Waals surface area contributed by atoms with Crippen LogP contribution in [-0.4, -0.2) is 6.61 Å². The summed E-state index contributed by atoms with van der Waals surface area (Å²) in [5.74, 6) is -0.0957. The Morgan fingerprint density at radius 2 is 1.29 bits per heavy atom. The number of hydrogen-bond acceptors (Lipinski definition) is 1. The first kappa shape index (κ1) is 25.9. The van der Waals surface area contributed by atoms with Gasteiger partial charge in [-0.3, -0.25) is 0 Å². The predicted octanol–water partition coefficient (Wildman–Crippen LogP) is 9.73. The molecule has 1 nitrogen and oxygen atoms in total. The smallest absolute Gasteiger partial charge is 0.419 e. The Bertz CT molecular complexity index is 1020. The molecule has 0 atom stereocenters. The van der Waals surface area contributed by atoms with Gasteiger partial charge >= 0.3 is 6.18 Å². The van der Waals surface area contributed by atoms with Crippen molar-refractivity contribution in [2.24, 2.45) is 0 Å². The minimum absolute atomic E-state index is 0.0957. The molecule has 0 saturated heterocycles. The van der Waals surface area contributed by atoms with E-state index in [1.807, 2.05) is 24.3 Å². The van der Waals surface area contributed by atoms with Crippen molar-refractivity contribution in [3.63, 3.8) is 0 Å². The van der Waals surface area contributed by atoms with Crippen LogP contribution in [0.4, 0.5) is 13.2 Å². The maximum Gasteiger partial charge on any atom is 0.419 e. The molecule has 182 valence electrons. The summed E-state index contributed by atoms with van der Waals surface area (Å²) in [6.07, 6.45) is 3.98. The van der Waals surface area contributed by atoms with Crippen molar-refractivity contribution >= 4 is 0 Å². The van der Waals surface area contributed by atoms with Crippen LogP contribution in [0.3, 0.4) is 0 Å². The highest BCUT2D eigenvalue weighted by atomic mass is 19.4. The van der Waals surface area contributed by atoms with Crippen molar-refractivity contribution < 1.29 is 17.9 Å². The van der Waals surface area contributed by atoms with Gasteiger partial charge in [0.1, 0.15) is 5.75 Å². The number of benzene rings is 3. The largest absolute Gasteiger partial charge is 0.493 e. The molecule has 0 aliphatic heterocycles. The van der Waals surface area contributed by atoms with Gasteiger partial charge in [0.15, 0.2) is 0 Å². The molecule has 0 heterocycles. The first-order chi connectivity index (χ1) is 16.4. The molecule has 0 radical (unpaired) electrons. The van der Waals surface area contributed by atoms with Crippen LogP contribution in [-0.2, 0) is 12.6 Å². The number of alkyl halides is 3. The maximum absolute atomic E-state index is 13.9. The van der Waals surface area contributed by atoms with Crippen LogP contribution in [0.25, 0.3) is 22.3 Å². The van der Waals surface area contributed by atoms with Crippen molar-refractivity contribution in [2.45, 2.75) is 71.4 Å². The highest BCUT2D eigenvalue weighted by Gasteiger charge is 2.35. The second-order valence-electron chi connectivity index (χ2n) is 8.82. The minimum atomic E-state index is -4.48. The summed E-state index contributed by atoms with van der Waals surface area (Å²) < 4.78 is 47.2. The lowest BCUT2D eigenvalue weighted by Crippen LogP contribution is -2.10. The highest BCUT2D eigenvalue weighted by molar-refractivity contribution is 5.84. The summed E-state index contributed by atoms with van der Waals surface area (Å²) >= 11 is 0. The Morgan fingerprint density at radius 3 is 1.94 bits per heavy atom. The van der Waals surface area contributed by atoms with E-state index in [1.165, 1.54) is 37.0 Å². The van der Waals surface area contributed by atoms with E-state index < -0.39 is 11.7 Å². The number of halogens is 3. The third kappa shape index (κ3) is 7.12. The number of rotatable bonds is 12. The standard InChI is InChI=1S/C30H35F3O/c1-3-5-7-11-21-34-29-20-19-25(22-28(29)30(31,32)33)27-14-10-9-13-26(27)24-17-15-23(16-18-24)12-8-6-4-2/h9-10,13-20,22H,3-8,11-12,21H2,1-2H3. The molecule has 0 bridgehead atoms. The molecule has 0 unspecified atom stereocenters. The summed E-state index contributed by atoms with van der Waals surface area (Å²) in [7, 11) is 0. The topological polar surface area (TPSA) is 9.23 Å². The molecule has 0 aliphatic carbocycles. The molecule has 3 rings (SSSR count). The molecule has 3 aromatic carbocycles. The van der Waals surface area contributed by atoms with E-state index in [2.05, 4.69) is 38.1 Å². The van der Waals surface area contributed by atoms with E-state index in [4.69, 9.17) is 4.74 Å². The zero-order valence-corrected chi connectivity index (χ0v) is 20.3. The average Bonchev–Trinajstić information content (AvgIpc) is 2.84. The van der Waals surface area contributed by atoms with E-state index in [1.54, 1.807) is 6.07 Å². The van der Waals surface area contributed by atoms with Gasteiger partial charge in [0, 0.05) is 0 Å². The van der Waals surface area contributed by atoms with E-state index in [9.17, 15) is 13.2 Å². The molecule has 34 heavy (non-hydrogen) atoms. The second kappa shape index (κ2) is 12.6. The molecule has 3 aromatic rings. The summed E-state index contributed by atoms with van der Waals surface area (Å²) in [4.78, 5) is 0. The summed E-state index contributed by atoms with van der Waals surface area (Å²) in [6, 6.07) is 20.4. The van der Waals surface area contributed by atoms with Crippen LogP contribution in [0, 0.1) is 0 Å². The molecule has 0 spiro atoms. The van der Waals surface area contributed by atoms with E-state index in [0.29, 0.717) is 12.2 Å². The third-order valence-corrected chi connectivity index (χ3v) is 6.11. The second-order valence-corrected chi connectivity index (χ2v) is 8.82. The molecule has 0 saturated carbocycles. The van der Waals surface area contributed by atoms with E-state index in [0.717, 1.165) is 48.8 Å². The molecule has 0 fully saturated rings. The first-order valence-electron chi connectivity index (χ1n) is 12.5. The minimum Gasteiger partial charge on any atom is -0.493 e. The fourth-order valence-electron chi connectivity index (χ4n) is 4.17. The zero-order valence-electron chi connectivity index (χ0n) is 20.3. The molecule has 0 aromatic heterocycles. The van der Waals surface area contributed by atoms with Gasteiger partial charge in [0.2, 0.25) is 0 Å². The molecular formula is C30H35F3O. The monoisotopic (exact) mass is 468 g/mol. The van der Waals surface area contributed by atoms with Gasteiger partial charge in [-0.2, -0.15) is 13.2 Å². The summed E-state index contributed by atoms with van der Waals surface area (Å²) in [5.41, 5.74) is 3.80. The number of hydrogen-bond donors (Lipinski definition) is 0. The van der Waals surface area contributed by atoms with Gasteiger partial charge < -0.3 is 4.74 Å². The third-order valence-electron chi connectivity index (χ3n) is 6.11.